The molecule has 0 amide bonds. The summed E-state index contributed by atoms with van der Waals surface area (Å²) in [5.41, 5.74) is 6.49. The molecule has 1 rings (SSSR count). The second-order valence-electron chi connectivity index (χ2n) is 3.67. The van der Waals surface area contributed by atoms with Gasteiger partial charge >= 0.3 is 5.97 Å². The minimum Gasteiger partial charge on any atom is -0.491 e. The van der Waals surface area contributed by atoms with Crippen molar-refractivity contribution in [2.75, 3.05) is 20.4 Å². The Labute approximate surface area is 127 Å². The number of halogens is 2. The highest BCUT2D eigenvalue weighted by Crippen LogP contribution is 2.22. The summed E-state index contributed by atoms with van der Waals surface area (Å²) in [5.74, 6) is 0.0651. The summed E-state index contributed by atoms with van der Waals surface area (Å²) in [6.07, 6.45) is 0.331. The number of carbonyl (C=O) groups is 1. The molecule has 1 aromatic carbocycles. The minimum absolute atomic E-state index is 0.00104. The summed E-state index contributed by atoms with van der Waals surface area (Å²) in [6, 6.07) is 4.55. The Kier molecular flexibility index (Phi) is 10.0. The van der Waals surface area contributed by atoms with Crippen LogP contribution in [0, 0.1) is 0 Å². The van der Waals surface area contributed by atoms with E-state index >= 15 is 0 Å². The molecule has 0 aliphatic rings. The van der Waals surface area contributed by atoms with Crippen LogP contribution in [0.2, 0.25) is 0 Å². The largest absolute Gasteiger partial charge is 0.491 e. The molecule has 4 nitrogen and oxygen atoms in total. The van der Waals surface area contributed by atoms with Gasteiger partial charge in [-0.05, 0) is 30.2 Å². The van der Waals surface area contributed by atoms with Crippen LogP contribution in [0.4, 0.5) is 4.39 Å². The van der Waals surface area contributed by atoms with Crippen LogP contribution in [-0.4, -0.2) is 32.4 Å². The van der Waals surface area contributed by atoms with Crippen molar-refractivity contribution >= 4 is 21.9 Å². The van der Waals surface area contributed by atoms with Crippen LogP contribution in [0.5, 0.6) is 5.75 Å². The Balaban J connectivity index is 0.00000172. The number of ether oxygens (including phenoxy) is 2. The van der Waals surface area contributed by atoms with Crippen molar-refractivity contribution in [2.24, 2.45) is 5.73 Å². The van der Waals surface area contributed by atoms with Crippen LogP contribution in [0.25, 0.3) is 0 Å². The van der Waals surface area contributed by atoms with Gasteiger partial charge in [0.15, 0.2) is 0 Å². The van der Waals surface area contributed by atoms with Gasteiger partial charge in [-0.2, -0.15) is 0 Å². The van der Waals surface area contributed by atoms with Crippen molar-refractivity contribution in [1.29, 1.82) is 0 Å². The minimum atomic E-state index is -0.724. The first-order chi connectivity index (χ1) is 9.56. The van der Waals surface area contributed by atoms with Gasteiger partial charge in [0.25, 0.3) is 0 Å². The lowest BCUT2D eigenvalue weighted by molar-refractivity contribution is -0.142. The quantitative estimate of drug-likeness (QED) is 0.802. The van der Waals surface area contributed by atoms with Crippen LogP contribution in [0.3, 0.4) is 0 Å². The van der Waals surface area contributed by atoms with E-state index in [0.29, 0.717) is 12.2 Å². The lowest BCUT2D eigenvalue weighted by atomic mass is 10.1. The molecule has 1 atom stereocenters. The van der Waals surface area contributed by atoms with E-state index in [0.717, 1.165) is 10.0 Å². The van der Waals surface area contributed by atoms with E-state index in [4.69, 9.17) is 10.5 Å². The molecule has 0 aromatic heterocycles. The fourth-order valence-corrected chi connectivity index (χ4v) is 1.99. The Morgan fingerprint density at radius 3 is 2.60 bits per heavy atom. The lowest BCUT2D eigenvalue weighted by Crippen LogP contribution is -2.33. The molecule has 0 aliphatic carbocycles. The fourth-order valence-electron chi connectivity index (χ4n) is 1.47. The van der Waals surface area contributed by atoms with Gasteiger partial charge in [0.2, 0.25) is 0 Å². The highest BCUT2D eigenvalue weighted by molar-refractivity contribution is 9.10. The molecule has 20 heavy (non-hydrogen) atoms. The van der Waals surface area contributed by atoms with Crippen molar-refractivity contribution in [3.05, 3.63) is 28.2 Å². The van der Waals surface area contributed by atoms with E-state index in [1.807, 2.05) is 19.9 Å². The van der Waals surface area contributed by atoms with Gasteiger partial charge in [0.1, 0.15) is 25.1 Å². The van der Waals surface area contributed by atoms with Crippen LogP contribution < -0.4 is 10.5 Å². The number of carbonyl (C=O) groups excluding carboxylic acids is 1. The standard InChI is InChI=1S/C12H15BrFNO3.C2H6/c1-17-12(16)11(15)6-8-4-9(13)7-10(5-8)18-3-2-14;1-2/h4-5,7,11H,2-3,6,15H2,1H3;1-2H3. The fraction of sp³-hybridized carbons (Fsp3) is 0.500. The normalized spacial score (nSPS) is 11.1. The molecule has 1 unspecified atom stereocenters. The average Bonchev–Trinajstić information content (AvgIpc) is 2.45. The zero-order valence-electron chi connectivity index (χ0n) is 12.0. The van der Waals surface area contributed by atoms with Gasteiger partial charge in [0, 0.05) is 4.47 Å². The summed E-state index contributed by atoms with van der Waals surface area (Å²) in [7, 11) is 1.29. The Hall–Kier alpha value is -1.14. The third-order valence-electron chi connectivity index (χ3n) is 2.24. The molecule has 0 fully saturated rings. The summed E-state index contributed by atoms with van der Waals surface area (Å²) in [5, 5.41) is 0. The van der Waals surface area contributed by atoms with Gasteiger partial charge < -0.3 is 15.2 Å². The molecule has 114 valence electrons. The zero-order valence-corrected chi connectivity index (χ0v) is 13.6. The van der Waals surface area contributed by atoms with E-state index in [1.54, 1.807) is 12.1 Å². The summed E-state index contributed by atoms with van der Waals surface area (Å²) in [6.45, 7) is 3.45. The summed E-state index contributed by atoms with van der Waals surface area (Å²) in [4.78, 5) is 11.2. The molecular formula is C14H21BrFNO3. The number of esters is 1. The van der Waals surface area contributed by atoms with E-state index < -0.39 is 18.7 Å². The van der Waals surface area contributed by atoms with E-state index in [2.05, 4.69) is 20.7 Å². The predicted molar refractivity (Wildman–Crippen MR) is 80.7 cm³/mol. The van der Waals surface area contributed by atoms with Gasteiger partial charge in [-0.3, -0.25) is 4.79 Å². The maximum atomic E-state index is 12.0. The van der Waals surface area contributed by atoms with Crippen molar-refractivity contribution < 1.29 is 18.7 Å². The van der Waals surface area contributed by atoms with Crippen molar-refractivity contribution in [2.45, 2.75) is 26.3 Å². The number of rotatable bonds is 6. The van der Waals surface area contributed by atoms with Gasteiger partial charge in [-0.15, -0.1) is 0 Å². The highest BCUT2D eigenvalue weighted by atomic mass is 79.9. The number of hydrogen-bond acceptors (Lipinski definition) is 4. The van der Waals surface area contributed by atoms with E-state index in [1.165, 1.54) is 7.11 Å². The zero-order chi connectivity index (χ0) is 15.5. The van der Waals surface area contributed by atoms with Crippen LogP contribution in [0.1, 0.15) is 19.4 Å². The monoisotopic (exact) mass is 349 g/mol. The van der Waals surface area contributed by atoms with Crippen LogP contribution in [-0.2, 0) is 16.0 Å². The topological polar surface area (TPSA) is 61.5 Å². The van der Waals surface area contributed by atoms with E-state index in [9.17, 15) is 9.18 Å². The first-order valence-electron chi connectivity index (χ1n) is 6.38. The van der Waals surface area contributed by atoms with E-state index in [-0.39, 0.29) is 6.61 Å². The van der Waals surface area contributed by atoms with Crippen LogP contribution >= 0.6 is 15.9 Å². The molecule has 0 heterocycles. The molecule has 0 saturated carbocycles. The first-order valence-corrected chi connectivity index (χ1v) is 7.17. The smallest absolute Gasteiger partial charge is 0.322 e. The molecule has 2 N–H and O–H groups in total. The summed E-state index contributed by atoms with van der Waals surface area (Å²) < 4.78 is 22.5. The molecule has 0 bridgehead atoms. The van der Waals surface area contributed by atoms with Gasteiger partial charge in [-0.1, -0.05) is 29.8 Å². The molecule has 0 saturated heterocycles. The summed E-state index contributed by atoms with van der Waals surface area (Å²) >= 11 is 3.32. The Morgan fingerprint density at radius 1 is 1.40 bits per heavy atom. The van der Waals surface area contributed by atoms with Crippen molar-refractivity contribution in [1.82, 2.24) is 0 Å². The van der Waals surface area contributed by atoms with Crippen molar-refractivity contribution in [3.63, 3.8) is 0 Å². The first kappa shape index (κ1) is 18.9. The molecular weight excluding hydrogens is 329 g/mol. The van der Waals surface area contributed by atoms with Crippen LogP contribution in [0.15, 0.2) is 22.7 Å². The molecule has 0 spiro atoms. The second kappa shape index (κ2) is 10.6. The molecule has 0 radical (unpaired) electrons. The Morgan fingerprint density at radius 2 is 2.05 bits per heavy atom. The number of nitrogens with two attached hydrogens (primary N) is 1. The lowest BCUT2D eigenvalue weighted by Gasteiger charge is -2.11. The maximum Gasteiger partial charge on any atom is 0.322 e. The third kappa shape index (κ3) is 6.86. The maximum absolute atomic E-state index is 12.0. The van der Waals surface area contributed by atoms with Crippen molar-refractivity contribution in [3.8, 4) is 5.75 Å². The number of methoxy groups -OCH3 is 1. The SMILES string of the molecule is CC.COC(=O)C(N)Cc1cc(Br)cc(OCCF)c1. The van der Waals surface area contributed by atoms with Gasteiger partial charge in [0.05, 0.1) is 7.11 Å². The molecule has 1 aromatic rings. The Bertz CT molecular complexity index is 415. The predicted octanol–water partition coefficient (Wildman–Crippen LogP) is 2.87. The molecule has 6 heteroatoms. The molecule has 0 aliphatic heterocycles. The number of benzene rings is 1. The van der Waals surface area contributed by atoms with Gasteiger partial charge in [-0.25, -0.2) is 4.39 Å². The average molecular weight is 350 g/mol. The number of hydrogen-bond donors (Lipinski definition) is 1. The highest BCUT2D eigenvalue weighted by Gasteiger charge is 2.15. The second-order valence-corrected chi connectivity index (χ2v) is 4.58. The number of alkyl halides is 1. The third-order valence-corrected chi connectivity index (χ3v) is 2.69.